The Morgan fingerprint density at radius 3 is 2.75 bits per heavy atom. The van der Waals surface area contributed by atoms with Crippen LogP contribution in [0.15, 0.2) is 40.9 Å². The van der Waals surface area contributed by atoms with Gasteiger partial charge in [-0.3, -0.25) is 9.30 Å². The molecule has 0 radical (unpaired) electrons. The highest BCUT2D eigenvalue weighted by Gasteiger charge is 2.25. The Labute approximate surface area is 176 Å². The minimum absolute atomic E-state index is 0.339. The second-order valence-electron chi connectivity index (χ2n) is 7.04. The highest BCUT2D eigenvalue weighted by Crippen LogP contribution is 2.30. The fourth-order valence-electron chi connectivity index (χ4n) is 3.71. The summed E-state index contributed by atoms with van der Waals surface area (Å²) in [7, 11) is 0. The quantitative estimate of drug-likeness (QED) is 0.418. The smallest absolute Gasteiger partial charge is 0.203 e. The number of rotatable bonds is 3. The van der Waals surface area contributed by atoms with Gasteiger partial charge in [-0.1, -0.05) is 35.3 Å². The van der Waals surface area contributed by atoms with Crippen molar-refractivity contribution in [1.29, 1.82) is 0 Å². The fraction of sp³-hybridized carbons (Fsp3) is 0.316. The largest absolute Gasteiger partial charge is 0.440 e. The Bertz CT molecular complexity index is 1190. The van der Waals surface area contributed by atoms with E-state index in [4.69, 9.17) is 39.8 Å². The van der Waals surface area contributed by atoms with Crippen molar-refractivity contribution in [2.75, 3.05) is 13.1 Å². The van der Waals surface area contributed by atoms with Gasteiger partial charge >= 0.3 is 0 Å². The average molecular weight is 434 g/mol. The van der Waals surface area contributed by atoms with Crippen molar-refractivity contribution in [3.63, 3.8) is 0 Å². The van der Waals surface area contributed by atoms with Crippen LogP contribution in [0.5, 0.6) is 0 Å². The molecule has 4 aromatic rings. The zero-order valence-electron chi connectivity index (χ0n) is 14.9. The normalized spacial score (nSPS) is 16.4. The van der Waals surface area contributed by atoms with Gasteiger partial charge in [0.2, 0.25) is 4.77 Å². The highest BCUT2D eigenvalue weighted by atomic mass is 35.5. The number of hydrogen-bond acceptors (Lipinski definition) is 5. The number of pyridine rings is 1. The maximum absolute atomic E-state index is 6.25. The third-order valence-corrected chi connectivity index (χ3v) is 6.07. The lowest BCUT2D eigenvalue weighted by molar-refractivity contribution is 0.153. The standard InChI is InChI=1S/C19H17Cl2N5OS/c20-13-9-14(21)17-23-26(19(28)25(17)10-13)11-24-7-5-12(6-8-24)18-22-15-3-1-2-4-16(15)27-18/h1-4,9-10,12H,5-8,11H2. The van der Waals surface area contributed by atoms with Gasteiger partial charge in [0.1, 0.15) is 5.52 Å². The molecule has 28 heavy (non-hydrogen) atoms. The first-order valence-electron chi connectivity index (χ1n) is 9.10. The van der Waals surface area contributed by atoms with E-state index in [0.29, 0.717) is 33.1 Å². The summed E-state index contributed by atoms with van der Waals surface area (Å²) in [5.41, 5.74) is 2.40. The minimum Gasteiger partial charge on any atom is -0.440 e. The number of nitrogens with zero attached hydrogens (tertiary/aromatic N) is 5. The maximum atomic E-state index is 6.25. The Kier molecular flexibility index (Phi) is 4.63. The summed E-state index contributed by atoms with van der Waals surface area (Å²) in [6.45, 7) is 2.47. The van der Waals surface area contributed by atoms with E-state index < -0.39 is 0 Å². The van der Waals surface area contributed by atoms with Crippen LogP contribution in [-0.4, -0.2) is 37.2 Å². The monoisotopic (exact) mass is 433 g/mol. The van der Waals surface area contributed by atoms with Crippen LogP contribution in [0.25, 0.3) is 16.7 Å². The van der Waals surface area contributed by atoms with Gasteiger partial charge in [0, 0.05) is 25.2 Å². The molecule has 1 aliphatic heterocycles. The van der Waals surface area contributed by atoms with Crippen LogP contribution < -0.4 is 0 Å². The second-order valence-corrected chi connectivity index (χ2v) is 8.24. The number of hydrogen-bond donors (Lipinski definition) is 0. The average Bonchev–Trinajstić information content (AvgIpc) is 3.25. The third kappa shape index (κ3) is 3.22. The topological polar surface area (TPSA) is 51.5 Å². The SMILES string of the molecule is S=c1n(CN2CCC(c3nc4ccccc4o3)CC2)nc2c(Cl)cc(Cl)cn12. The summed E-state index contributed by atoms with van der Waals surface area (Å²) < 4.78 is 10.1. The Hall–Kier alpha value is -1.93. The molecule has 9 heteroatoms. The van der Waals surface area contributed by atoms with Crippen LogP contribution in [0.3, 0.4) is 0 Å². The molecule has 0 spiro atoms. The summed E-state index contributed by atoms with van der Waals surface area (Å²) >= 11 is 17.9. The summed E-state index contributed by atoms with van der Waals surface area (Å²) in [6, 6.07) is 9.58. The number of fused-ring (bicyclic) bond motifs is 2. The molecule has 5 rings (SSSR count). The number of halogens is 2. The van der Waals surface area contributed by atoms with E-state index in [0.717, 1.165) is 42.9 Å². The van der Waals surface area contributed by atoms with Crippen molar-refractivity contribution in [3.05, 3.63) is 57.2 Å². The molecule has 3 aromatic heterocycles. The lowest BCUT2D eigenvalue weighted by atomic mass is 9.97. The zero-order chi connectivity index (χ0) is 19.3. The molecule has 0 saturated carbocycles. The molecule has 0 amide bonds. The molecule has 0 atom stereocenters. The van der Waals surface area contributed by atoms with Gasteiger partial charge in [-0.25, -0.2) is 9.67 Å². The predicted octanol–water partition coefficient (Wildman–Crippen LogP) is 5.15. The van der Waals surface area contributed by atoms with E-state index in [9.17, 15) is 0 Å². The van der Waals surface area contributed by atoms with Crippen molar-refractivity contribution in [3.8, 4) is 0 Å². The van der Waals surface area contributed by atoms with Gasteiger partial charge in [-0.2, -0.15) is 0 Å². The first kappa shape index (κ1) is 18.1. The molecule has 1 aromatic carbocycles. The van der Waals surface area contributed by atoms with Gasteiger partial charge < -0.3 is 4.42 Å². The van der Waals surface area contributed by atoms with E-state index >= 15 is 0 Å². The molecule has 0 N–H and O–H groups in total. The highest BCUT2D eigenvalue weighted by molar-refractivity contribution is 7.71. The Balaban J connectivity index is 1.31. The van der Waals surface area contributed by atoms with Crippen molar-refractivity contribution in [1.82, 2.24) is 24.1 Å². The molecule has 6 nitrogen and oxygen atoms in total. The maximum Gasteiger partial charge on any atom is 0.203 e. The lowest BCUT2D eigenvalue weighted by Crippen LogP contribution is -2.35. The molecular weight excluding hydrogens is 417 g/mol. The molecule has 144 valence electrons. The summed E-state index contributed by atoms with van der Waals surface area (Å²) in [5.74, 6) is 1.18. The fourth-order valence-corrected chi connectivity index (χ4v) is 4.46. The van der Waals surface area contributed by atoms with Gasteiger partial charge in [-0.05, 0) is 43.3 Å². The van der Waals surface area contributed by atoms with Gasteiger partial charge in [0.25, 0.3) is 0 Å². The number of benzene rings is 1. The molecule has 1 saturated heterocycles. The van der Waals surface area contributed by atoms with Crippen molar-refractivity contribution < 1.29 is 4.42 Å². The van der Waals surface area contributed by atoms with Crippen molar-refractivity contribution >= 4 is 52.2 Å². The number of para-hydroxylation sites is 2. The van der Waals surface area contributed by atoms with E-state index in [1.54, 1.807) is 21.3 Å². The Morgan fingerprint density at radius 1 is 1.18 bits per heavy atom. The van der Waals surface area contributed by atoms with Gasteiger partial charge in [0.15, 0.2) is 17.1 Å². The van der Waals surface area contributed by atoms with Crippen molar-refractivity contribution in [2.24, 2.45) is 0 Å². The zero-order valence-corrected chi connectivity index (χ0v) is 17.2. The third-order valence-electron chi connectivity index (χ3n) is 5.18. The minimum atomic E-state index is 0.339. The second kappa shape index (κ2) is 7.15. The number of likely N-dealkylation sites (tertiary alicyclic amines) is 1. The first-order chi connectivity index (χ1) is 13.6. The molecule has 4 heterocycles. The van der Waals surface area contributed by atoms with Crippen LogP contribution in [0, 0.1) is 4.77 Å². The number of piperidine rings is 1. The van der Waals surface area contributed by atoms with E-state index in [2.05, 4.69) is 15.0 Å². The lowest BCUT2D eigenvalue weighted by Gasteiger charge is -2.30. The van der Waals surface area contributed by atoms with Gasteiger partial charge in [-0.15, -0.1) is 5.10 Å². The van der Waals surface area contributed by atoms with Crippen LogP contribution in [0.2, 0.25) is 10.0 Å². The summed E-state index contributed by atoms with van der Waals surface area (Å²) in [6.07, 6.45) is 3.72. The van der Waals surface area contributed by atoms with Crippen LogP contribution in [0.4, 0.5) is 0 Å². The summed E-state index contributed by atoms with van der Waals surface area (Å²) in [5, 5.41) is 5.59. The van der Waals surface area contributed by atoms with Crippen LogP contribution in [-0.2, 0) is 6.67 Å². The molecule has 1 aliphatic rings. The predicted molar refractivity (Wildman–Crippen MR) is 112 cm³/mol. The number of aromatic nitrogens is 4. The van der Waals surface area contributed by atoms with E-state index in [1.807, 2.05) is 24.3 Å². The molecular formula is C19H17Cl2N5OS. The number of oxazole rings is 1. The van der Waals surface area contributed by atoms with Crippen LogP contribution in [0.1, 0.15) is 24.7 Å². The summed E-state index contributed by atoms with van der Waals surface area (Å²) in [4.78, 5) is 6.99. The van der Waals surface area contributed by atoms with E-state index in [-0.39, 0.29) is 0 Å². The molecule has 0 unspecified atom stereocenters. The first-order valence-corrected chi connectivity index (χ1v) is 10.3. The Morgan fingerprint density at radius 2 is 1.96 bits per heavy atom. The van der Waals surface area contributed by atoms with Gasteiger partial charge in [0.05, 0.1) is 16.7 Å². The molecule has 0 bridgehead atoms. The van der Waals surface area contributed by atoms with Crippen molar-refractivity contribution in [2.45, 2.75) is 25.4 Å². The molecule has 1 fully saturated rings. The molecule has 0 aliphatic carbocycles. The van der Waals surface area contributed by atoms with Crippen LogP contribution >= 0.6 is 35.4 Å². The van der Waals surface area contributed by atoms with E-state index in [1.165, 1.54) is 0 Å².